The van der Waals surface area contributed by atoms with Crippen molar-refractivity contribution < 1.29 is 16.8 Å². The maximum Gasteiger partial charge on any atom is 0.235 e. The van der Waals surface area contributed by atoms with Gasteiger partial charge in [0.1, 0.15) is 0 Å². The Morgan fingerprint density at radius 2 is 1.04 bits per heavy atom. The normalized spacial score (nSPS) is 22.7. The molecule has 0 bridgehead atoms. The second kappa shape index (κ2) is 8.79. The van der Waals surface area contributed by atoms with E-state index in [0.29, 0.717) is 38.0 Å². The van der Waals surface area contributed by atoms with Crippen LogP contribution < -0.4 is 0 Å². The summed E-state index contributed by atoms with van der Waals surface area (Å²) in [5, 5.41) is 2.07. The van der Waals surface area contributed by atoms with E-state index in [4.69, 9.17) is 0 Å². The van der Waals surface area contributed by atoms with E-state index >= 15 is 0 Å². The molecule has 0 saturated carbocycles. The van der Waals surface area contributed by atoms with Crippen molar-refractivity contribution in [3.8, 4) is 0 Å². The van der Waals surface area contributed by atoms with E-state index in [1.807, 2.05) is 0 Å². The Labute approximate surface area is 152 Å². The number of sulfonamides is 2. The largest absolute Gasteiger partial charge is 0.235 e. The lowest BCUT2D eigenvalue weighted by Crippen LogP contribution is -2.37. The third-order valence-corrected chi connectivity index (χ3v) is 8.53. The zero-order valence-electron chi connectivity index (χ0n) is 14.8. The van der Waals surface area contributed by atoms with E-state index in [1.54, 1.807) is 0 Å². The standard InChI is InChI=1S/C17H30N2O4S2/c1-3-24(20,21)18-12-8-16(9-13-18)6-5-7-17-10-14-19(15-11-17)25(22,23)4-2/h3-4,16-17H,1-2,5-15H2. The molecule has 2 heterocycles. The summed E-state index contributed by atoms with van der Waals surface area (Å²) in [7, 11) is -6.53. The van der Waals surface area contributed by atoms with Gasteiger partial charge in [-0.25, -0.2) is 16.8 Å². The topological polar surface area (TPSA) is 74.8 Å². The summed E-state index contributed by atoms with van der Waals surface area (Å²) in [5.41, 5.74) is 0. The first-order chi connectivity index (χ1) is 11.8. The first kappa shape index (κ1) is 20.6. The van der Waals surface area contributed by atoms with Gasteiger partial charge in [0.05, 0.1) is 0 Å². The molecule has 0 radical (unpaired) electrons. The zero-order valence-corrected chi connectivity index (χ0v) is 16.5. The third-order valence-electron chi connectivity index (χ3n) is 5.51. The van der Waals surface area contributed by atoms with E-state index in [1.165, 1.54) is 8.61 Å². The zero-order chi connectivity index (χ0) is 18.5. The Balaban J connectivity index is 1.65. The van der Waals surface area contributed by atoms with Gasteiger partial charge in [0.15, 0.2) is 0 Å². The molecule has 0 aromatic heterocycles. The molecule has 0 unspecified atom stereocenters. The van der Waals surface area contributed by atoms with Gasteiger partial charge in [0.25, 0.3) is 0 Å². The van der Waals surface area contributed by atoms with Crippen LogP contribution in [0.4, 0.5) is 0 Å². The van der Waals surface area contributed by atoms with Crippen molar-refractivity contribution in [3.63, 3.8) is 0 Å². The Bertz CT molecular complexity index is 599. The van der Waals surface area contributed by atoms with Crippen LogP contribution in [-0.2, 0) is 20.0 Å². The average molecular weight is 391 g/mol. The predicted molar refractivity (Wildman–Crippen MR) is 101 cm³/mol. The summed E-state index contributed by atoms with van der Waals surface area (Å²) in [5.74, 6) is 1.19. The van der Waals surface area contributed by atoms with Crippen LogP contribution in [0.3, 0.4) is 0 Å². The lowest BCUT2D eigenvalue weighted by molar-refractivity contribution is 0.236. The molecule has 144 valence electrons. The van der Waals surface area contributed by atoms with E-state index < -0.39 is 20.0 Å². The molecule has 0 aromatic rings. The Morgan fingerprint density at radius 3 is 1.32 bits per heavy atom. The van der Waals surface area contributed by atoms with Crippen molar-refractivity contribution in [2.45, 2.75) is 44.9 Å². The molecule has 25 heavy (non-hydrogen) atoms. The number of hydrogen-bond donors (Lipinski definition) is 0. The second-order valence-corrected chi connectivity index (χ2v) is 10.8. The van der Waals surface area contributed by atoms with Crippen molar-refractivity contribution in [1.29, 1.82) is 0 Å². The molecular formula is C17H30N2O4S2. The maximum absolute atomic E-state index is 11.8. The van der Waals surface area contributed by atoms with Gasteiger partial charge in [-0.3, -0.25) is 0 Å². The van der Waals surface area contributed by atoms with E-state index in [2.05, 4.69) is 13.2 Å². The molecule has 8 heteroatoms. The van der Waals surface area contributed by atoms with Crippen LogP contribution in [0.25, 0.3) is 0 Å². The summed E-state index contributed by atoms with van der Waals surface area (Å²) < 4.78 is 50.1. The van der Waals surface area contributed by atoms with Crippen LogP contribution in [0.5, 0.6) is 0 Å². The average Bonchev–Trinajstić information content (AvgIpc) is 2.62. The van der Waals surface area contributed by atoms with Crippen LogP contribution in [0.1, 0.15) is 44.9 Å². The molecule has 2 aliphatic rings. The number of nitrogens with zero attached hydrogens (tertiary/aromatic N) is 2. The summed E-state index contributed by atoms with van der Waals surface area (Å²) in [6.07, 6.45) is 7.08. The quantitative estimate of drug-likeness (QED) is 0.638. The minimum atomic E-state index is -3.27. The summed E-state index contributed by atoms with van der Waals surface area (Å²) in [6.45, 7) is 9.13. The Hall–Kier alpha value is -0.700. The Kier molecular flexibility index (Phi) is 7.25. The fourth-order valence-corrected chi connectivity index (χ4v) is 5.67. The molecule has 0 amide bonds. The van der Waals surface area contributed by atoms with Crippen molar-refractivity contribution >= 4 is 20.0 Å². The highest BCUT2D eigenvalue weighted by molar-refractivity contribution is 7.92. The molecule has 0 aliphatic carbocycles. The summed E-state index contributed by atoms with van der Waals surface area (Å²) in [6, 6.07) is 0. The molecule has 0 N–H and O–H groups in total. The fraction of sp³-hybridized carbons (Fsp3) is 0.765. The fourth-order valence-electron chi connectivity index (χ4n) is 3.81. The first-order valence-electron chi connectivity index (χ1n) is 9.03. The highest BCUT2D eigenvalue weighted by Crippen LogP contribution is 2.28. The summed E-state index contributed by atoms with van der Waals surface area (Å²) in [4.78, 5) is 0. The molecule has 2 aliphatic heterocycles. The van der Waals surface area contributed by atoms with Crippen LogP contribution in [0.15, 0.2) is 24.0 Å². The van der Waals surface area contributed by atoms with Gasteiger partial charge in [-0.2, -0.15) is 8.61 Å². The third kappa shape index (κ3) is 5.64. The molecule has 2 rings (SSSR count). The SMILES string of the molecule is C=CS(=O)(=O)N1CCC(CCCC2CCN(S(=O)(=O)C=C)CC2)CC1. The van der Waals surface area contributed by atoms with Crippen molar-refractivity contribution in [3.05, 3.63) is 24.0 Å². The number of piperidine rings is 2. The smallest absolute Gasteiger partial charge is 0.208 e. The summed E-state index contributed by atoms with van der Waals surface area (Å²) >= 11 is 0. The van der Waals surface area contributed by atoms with Crippen molar-refractivity contribution in [2.24, 2.45) is 11.8 Å². The molecule has 0 aromatic carbocycles. The Morgan fingerprint density at radius 1 is 0.720 bits per heavy atom. The van der Waals surface area contributed by atoms with E-state index in [9.17, 15) is 16.8 Å². The molecule has 6 nitrogen and oxygen atoms in total. The van der Waals surface area contributed by atoms with Crippen LogP contribution in [0, 0.1) is 11.8 Å². The minimum Gasteiger partial charge on any atom is -0.208 e. The van der Waals surface area contributed by atoms with Gasteiger partial charge in [-0.15, -0.1) is 0 Å². The first-order valence-corrected chi connectivity index (χ1v) is 12.0. The molecule has 2 fully saturated rings. The lowest BCUT2D eigenvalue weighted by Gasteiger charge is -2.32. The highest BCUT2D eigenvalue weighted by Gasteiger charge is 2.27. The van der Waals surface area contributed by atoms with Gasteiger partial charge < -0.3 is 0 Å². The van der Waals surface area contributed by atoms with Crippen LogP contribution in [0.2, 0.25) is 0 Å². The molecule has 0 spiro atoms. The van der Waals surface area contributed by atoms with Crippen molar-refractivity contribution in [1.82, 2.24) is 8.61 Å². The van der Waals surface area contributed by atoms with Gasteiger partial charge >= 0.3 is 0 Å². The maximum atomic E-state index is 11.8. The highest BCUT2D eigenvalue weighted by atomic mass is 32.2. The molecule has 2 saturated heterocycles. The van der Waals surface area contributed by atoms with E-state index in [-0.39, 0.29) is 0 Å². The monoisotopic (exact) mass is 390 g/mol. The van der Waals surface area contributed by atoms with Crippen LogP contribution in [-0.4, -0.2) is 51.6 Å². The van der Waals surface area contributed by atoms with Crippen LogP contribution >= 0.6 is 0 Å². The van der Waals surface area contributed by atoms with Gasteiger partial charge in [0, 0.05) is 37.0 Å². The van der Waals surface area contributed by atoms with Gasteiger partial charge in [-0.05, 0) is 37.5 Å². The second-order valence-electron chi connectivity index (χ2n) is 7.04. The predicted octanol–water partition coefficient (Wildman–Crippen LogP) is 2.53. The van der Waals surface area contributed by atoms with Crippen molar-refractivity contribution in [2.75, 3.05) is 26.2 Å². The molecular weight excluding hydrogens is 360 g/mol. The lowest BCUT2D eigenvalue weighted by atomic mass is 9.87. The van der Waals surface area contributed by atoms with Gasteiger partial charge in [0.2, 0.25) is 20.0 Å². The molecule has 0 atom stereocenters. The number of hydrogen-bond acceptors (Lipinski definition) is 4. The van der Waals surface area contributed by atoms with Gasteiger partial charge in [-0.1, -0.05) is 32.4 Å². The minimum absolute atomic E-state index is 0.594. The van der Waals surface area contributed by atoms with E-state index in [0.717, 1.165) is 55.8 Å². The number of rotatable bonds is 8.